The summed E-state index contributed by atoms with van der Waals surface area (Å²) in [6, 6.07) is 11.4. The molecule has 0 fully saturated rings. The lowest BCUT2D eigenvalue weighted by Crippen LogP contribution is -2.39. The topological polar surface area (TPSA) is 69.4 Å². The summed E-state index contributed by atoms with van der Waals surface area (Å²) in [4.78, 5) is 6.52. The third kappa shape index (κ3) is 6.21. The summed E-state index contributed by atoms with van der Waals surface area (Å²) in [5.41, 5.74) is 2.62. The highest BCUT2D eigenvalue weighted by Crippen LogP contribution is 2.25. The lowest BCUT2D eigenvalue weighted by atomic mass is 10.1. The first kappa shape index (κ1) is 21.2. The van der Waals surface area contributed by atoms with Crippen molar-refractivity contribution in [3.8, 4) is 11.8 Å². The van der Waals surface area contributed by atoms with Crippen LogP contribution in [0.4, 0.5) is 0 Å². The molecular formula is C21H26ClN3O2. The number of halogens is 1. The third-order valence-corrected chi connectivity index (χ3v) is 4.88. The number of rotatable bonds is 9. The monoisotopic (exact) mass is 387 g/mol. The molecule has 2 atom stereocenters. The maximum absolute atomic E-state index is 10.3. The Morgan fingerprint density at radius 2 is 2.15 bits per heavy atom. The number of ether oxygens (including phenoxy) is 1. The first-order valence-electron chi connectivity index (χ1n) is 9.08. The van der Waals surface area contributed by atoms with Gasteiger partial charge in [0.05, 0.1) is 5.02 Å². The minimum absolute atomic E-state index is 0.0929. The van der Waals surface area contributed by atoms with Crippen molar-refractivity contribution in [2.75, 3.05) is 20.2 Å². The van der Waals surface area contributed by atoms with E-state index in [2.05, 4.69) is 29.8 Å². The van der Waals surface area contributed by atoms with Crippen molar-refractivity contribution in [2.24, 2.45) is 0 Å². The Morgan fingerprint density at radius 1 is 1.37 bits per heavy atom. The van der Waals surface area contributed by atoms with Crippen LogP contribution < -0.4 is 4.74 Å². The van der Waals surface area contributed by atoms with Gasteiger partial charge in [-0.1, -0.05) is 24.6 Å². The highest BCUT2D eigenvalue weighted by Gasteiger charge is 2.16. The largest absolute Gasteiger partial charge is 0.489 e. The first-order chi connectivity index (χ1) is 12.9. The normalized spacial score (nSPS) is 13.2. The van der Waals surface area contributed by atoms with Crippen molar-refractivity contribution in [2.45, 2.75) is 38.8 Å². The number of nitrogens with zero attached hydrogens (tertiary/aromatic N) is 3. The molecule has 0 aliphatic heterocycles. The molecule has 0 aliphatic carbocycles. The summed E-state index contributed by atoms with van der Waals surface area (Å²) in [5.74, 6) is 0.389. The van der Waals surface area contributed by atoms with Crippen LogP contribution in [0.3, 0.4) is 0 Å². The fourth-order valence-electron chi connectivity index (χ4n) is 2.80. The Labute approximate surface area is 166 Å². The average molecular weight is 388 g/mol. The lowest BCUT2D eigenvalue weighted by molar-refractivity contribution is 0.0652. The van der Waals surface area contributed by atoms with Crippen molar-refractivity contribution >= 4 is 11.6 Å². The number of hydrogen-bond donors (Lipinski definition) is 1. The predicted octanol–water partition coefficient (Wildman–Crippen LogP) is 3.47. The van der Waals surface area contributed by atoms with Gasteiger partial charge in [-0.2, -0.15) is 5.26 Å². The number of aryl methyl sites for hydroxylation is 1. The Bertz CT molecular complexity index is 791. The molecule has 1 unspecified atom stereocenters. The zero-order chi connectivity index (χ0) is 19.8. The molecule has 2 aromatic rings. The minimum atomic E-state index is -0.682. The molecule has 1 aromatic carbocycles. The number of benzene rings is 1. The van der Waals surface area contributed by atoms with Crippen molar-refractivity contribution in [1.82, 2.24) is 9.88 Å². The van der Waals surface area contributed by atoms with E-state index in [1.54, 1.807) is 18.2 Å². The number of pyridine rings is 1. The molecule has 0 bridgehead atoms. The fourth-order valence-corrected chi connectivity index (χ4v) is 3.01. The van der Waals surface area contributed by atoms with Gasteiger partial charge >= 0.3 is 0 Å². The van der Waals surface area contributed by atoms with Crippen LogP contribution in [0.15, 0.2) is 36.5 Å². The molecule has 0 aliphatic rings. The molecule has 0 saturated heterocycles. The summed E-state index contributed by atoms with van der Waals surface area (Å²) in [5, 5.41) is 19.8. The summed E-state index contributed by atoms with van der Waals surface area (Å²) < 4.78 is 5.60. The summed E-state index contributed by atoms with van der Waals surface area (Å²) in [6.07, 6.45) is 2.97. The molecule has 1 heterocycles. The van der Waals surface area contributed by atoms with E-state index in [0.29, 0.717) is 17.3 Å². The maximum atomic E-state index is 10.3. The van der Waals surface area contributed by atoms with E-state index < -0.39 is 6.10 Å². The van der Waals surface area contributed by atoms with E-state index >= 15 is 0 Å². The number of aromatic nitrogens is 1. The molecule has 0 amide bonds. The van der Waals surface area contributed by atoms with Crippen molar-refractivity contribution in [3.05, 3.63) is 58.4 Å². The maximum Gasteiger partial charge on any atom is 0.138 e. The quantitative estimate of drug-likeness (QED) is 0.713. The molecule has 0 radical (unpaired) electrons. The standard InChI is InChI=1S/C21H26ClN3O2/c1-4-16-8-9-24-17(11-16)10-15(2)25(3)13-18(26)14-27-21-7-5-6-20(22)19(21)12-23/h5-9,11,15,18,26H,4,10,13-14H2,1-3H3/t15?,18-/m1/s1. The predicted molar refractivity (Wildman–Crippen MR) is 107 cm³/mol. The van der Waals surface area contributed by atoms with Gasteiger partial charge in [0.1, 0.15) is 30.1 Å². The van der Waals surface area contributed by atoms with Crippen LogP contribution in [0.25, 0.3) is 0 Å². The molecule has 5 nitrogen and oxygen atoms in total. The Morgan fingerprint density at radius 3 is 2.85 bits per heavy atom. The number of likely N-dealkylation sites (N-methyl/N-ethyl adjacent to an activating group) is 1. The van der Waals surface area contributed by atoms with E-state index in [1.165, 1.54) is 5.56 Å². The summed E-state index contributed by atoms with van der Waals surface area (Å²) in [6.45, 7) is 4.79. The third-order valence-electron chi connectivity index (χ3n) is 4.56. The Kier molecular flexibility index (Phi) is 8.05. The fraction of sp³-hybridized carbons (Fsp3) is 0.429. The second-order valence-electron chi connectivity index (χ2n) is 6.69. The minimum Gasteiger partial charge on any atom is -0.489 e. The van der Waals surface area contributed by atoms with Crippen LogP contribution >= 0.6 is 11.6 Å². The van der Waals surface area contributed by atoms with Gasteiger partial charge in [0.25, 0.3) is 0 Å². The number of aliphatic hydroxyl groups excluding tert-OH is 1. The zero-order valence-electron chi connectivity index (χ0n) is 16.0. The SMILES string of the molecule is CCc1ccnc(CC(C)N(C)C[C@@H](O)COc2cccc(Cl)c2C#N)c1. The van der Waals surface area contributed by atoms with Gasteiger partial charge in [0.2, 0.25) is 0 Å². The second-order valence-corrected chi connectivity index (χ2v) is 7.10. The first-order valence-corrected chi connectivity index (χ1v) is 9.45. The molecule has 6 heteroatoms. The van der Waals surface area contributed by atoms with Gasteiger partial charge in [-0.05, 0) is 50.2 Å². The van der Waals surface area contributed by atoms with Gasteiger partial charge in [0.15, 0.2) is 0 Å². The lowest BCUT2D eigenvalue weighted by Gasteiger charge is -2.27. The smallest absolute Gasteiger partial charge is 0.138 e. The second kappa shape index (κ2) is 10.3. The summed E-state index contributed by atoms with van der Waals surface area (Å²) in [7, 11) is 1.97. The van der Waals surface area contributed by atoms with E-state index in [-0.39, 0.29) is 18.2 Å². The van der Waals surface area contributed by atoms with E-state index in [0.717, 1.165) is 18.5 Å². The van der Waals surface area contributed by atoms with E-state index in [4.69, 9.17) is 21.6 Å². The number of aliphatic hydroxyl groups is 1. The van der Waals surface area contributed by atoms with Crippen LogP contribution in [0, 0.1) is 11.3 Å². The number of hydrogen-bond acceptors (Lipinski definition) is 5. The number of nitriles is 1. The van der Waals surface area contributed by atoms with Gasteiger partial charge in [0, 0.05) is 30.9 Å². The van der Waals surface area contributed by atoms with Gasteiger partial charge in [-0.15, -0.1) is 0 Å². The van der Waals surface area contributed by atoms with E-state index in [1.807, 2.05) is 25.4 Å². The van der Waals surface area contributed by atoms with Crippen LogP contribution in [0.2, 0.25) is 5.02 Å². The summed E-state index contributed by atoms with van der Waals surface area (Å²) >= 11 is 5.99. The molecule has 1 N–H and O–H groups in total. The zero-order valence-corrected chi connectivity index (χ0v) is 16.8. The van der Waals surface area contributed by atoms with Crippen LogP contribution in [0.1, 0.15) is 30.7 Å². The van der Waals surface area contributed by atoms with Crippen molar-refractivity contribution < 1.29 is 9.84 Å². The van der Waals surface area contributed by atoms with Crippen LogP contribution in [0.5, 0.6) is 5.75 Å². The molecule has 2 rings (SSSR count). The Hall–Kier alpha value is -2.13. The molecule has 1 aromatic heterocycles. The molecule has 27 heavy (non-hydrogen) atoms. The van der Waals surface area contributed by atoms with E-state index in [9.17, 15) is 5.11 Å². The van der Waals surface area contributed by atoms with Crippen molar-refractivity contribution in [1.29, 1.82) is 5.26 Å². The van der Waals surface area contributed by atoms with Crippen LogP contribution in [-0.4, -0.2) is 47.3 Å². The molecule has 0 spiro atoms. The highest BCUT2D eigenvalue weighted by atomic mass is 35.5. The average Bonchev–Trinajstić information content (AvgIpc) is 2.66. The molecular weight excluding hydrogens is 362 g/mol. The van der Waals surface area contributed by atoms with Gasteiger partial charge in [-0.25, -0.2) is 0 Å². The van der Waals surface area contributed by atoms with Gasteiger partial charge < -0.3 is 14.7 Å². The van der Waals surface area contributed by atoms with Crippen LogP contribution in [-0.2, 0) is 12.8 Å². The Balaban J connectivity index is 1.86. The highest BCUT2D eigenvalue weighted by molar-refractivity contribution is 6.31. The molecule has 144 valence electrons. The molecule has 0 saturated carbocycles. The van der Waals surface area contributed by atoms with Crippen molar-refractivity contribution in [3.63, 3.8) is 0 Å². The van der Waals surface area contributed by atoms with Gasteiger partial charge in [-0.3, -0.25) is 4.98 Å².